The van der Waals surface area contributed by atoms with E-state index in [1.165, 1.54) is 12.8 Å². The summed E-state index contributed by atoms with van der Waals surface area (Å²) < 4.78 is 0. The van der Waals surface area contributed by atoms with Crippen LogP contribution in [-0.2, 0) is 0 Å². The number of rotatable bonds is 0. The van der Waals surface area contributed by atoms with Gasteiger partial charge < -0.3 is 15.1 Å². The van der Waals surface area contributed by atoms with Crippen LogP contribution in [0.15, 0.2) is 0 Å². The molecule has 86 valence electrons. The van der Waals surface area contributed by atoms with Crippen LogP contribution in [0.2, 0.25) is 0 Å². The van der Waals surface area contributed by atoms with Gasteiger partial charge in [0.1, 0.15) is 0 Å². The quantitative estimate of drug-likeness (QED) is 0.646. The van der Waals surface area contributed by atoms with Crippen LogP contribution < -0.4 is 5.32 Å². The molecule has 0 aromatic carbocycles. The highest BCUT2D eigenvalue weighted by Crippen LogP contribution is 2.18. The van der Waals surface area contributed by atoms with Crippen LogP contribution in [0.4, 0.5) is 4.79 Å². The van der Waals surface area contributed by atoms with E-state index >= 15 is 0 Å². The first-order chi connectivity index (χ1) is 7.29. The molecule has 2 aliphatic rings. The Morgan fingerprint density at radius 2 is 1.93 bits per heavy atom. The number of urea groups is 1. The number of amides is 2. The predicted octanol–water partition coefficient (Wildman–Crippen LogP) is 0.886. The maximum Gasteiger partial charge on any atom is 0.320 e. The van der Waals surface area contributed by atoms with E-state index in [2.05, 4.69) is 17.1 Å². The molecule has 2 rings (SSSR count). The molecule has 2 aliphatic heterocycles. The summed E-state index contributed by atoms with van der Waals surface area (Å²) in [5.41, 5.74) is 0. The van der Waals surface area contributed by atoms with E-state index in [4.69, 9.17) is 0 Å². The van der Waals surface area contributed by atoms with Gasteiger partial charge in [-0.2, -0.15) is 0 Å². The number of hydrogen-bond donors (Lipinski definition) is 1. The van der Waals surface area contributed by atoms with Crippen molar-refractivity contribution < 1.29 is 4.79 Å². The maximum absolute atomic E-state index is 12.2. The Labute approximate surface area is 91.6 Å². The first-order valence-electron chi connectivity index (χ1n) is 6.05. The maximum atomic E-state index is 12.2. The number of nitrogens with one attached hydrogen (secondary N) is 1. The monoisotopic (exact) mass is 211 g/mol. The highest BCUT2D eigenvalue weighted by Gasteiger charge is 2.27. The minimum Gasteiger partial charge on any atom is -0.322 e. The van der Waals surface area contributed by atoms with Crippen molar-refractivity contribution in [2.24, 2.45) is 0 Å². The molecule has 2 heterocycles. The van der Waals surface area contributed by atoms with Crippen LogP contribution in [0.3, 0.4) is 0 Å². The summed E-state index contributed by atoms with van der Waals surface area (Å²) in [7, 11) is 0. The van der Waals surface area contributed by atoms with Crippen molar-refractivity contribution in [3.05, 3.63) is 0 Å². The molecule has 0 saturated carbocycles. The highest BCUT2D eigenvalue weighted by molar-refractivity contribution is 5.75. The fraction of sp³-hybridized carbons (Fsp3) is 0.909. The van der Waals surface area contributed by atoms with E-state index in [1.54, 1.807) is 0 Å². The summed E-state index contributed by atoms with van der Waals surface area (Å²) in [5, 5.41) is 3.27. The minimum absolute atomic E-state index is 0.253. The second kappa shape index (κ2) is 4.84. The second-order valence-electron chi connectivity index (χ2n) is 4.56. The van der Waals surface area contributed by atoms with Gasteiger partial charge in [-0.25, -0.2) is 4.79 Å². The molecular formula is C11H21N3O. The van der Waals surface area contributed by atoms with Crippen molar-refractivity contribution in [2.75, 3.05) is 32.7 Å². The van der Waals surface area contributed by atoms with Crippen LogP contribution in [0, 0.1) is 0 Å². The zero-order valence-electron chi connectivity index (χ0n) is 9.54. The average molecular weight is 211 g/mol. The molecule has 1 atom stereocenters. The summed E-state index contributed by atoms with van der Waals surface area (Å²) in [6, 6.07) is 0.685. The van der Waals surface area contributed by atoms with E-state index in [-0.39, 0.29) is 6.03 Å². The van der Waals surface area contributed by atoms with Gasteiger partial charge in [0.15, 0.2) is 0 Å². The number of piperazine rings is 1. The Balaban J connectivity index is 1.92. The smallest absolute Gasteiger partial charge is 0.320 e. The number of carbonyl (C=O) groups is 1. The first kappa shape index (κ1) is 10.7. The summed E-state index contributed by atoms with van der Waals surface area (Å²) >= 11 is 0. The number of hydrogen-bond acceptors (Lipinski definition) is 2. The van der Waals surface area contributed by atoms with Crippen molar-refractivity contribution >= 4 is 6.03 Å². The normalized spacial score (nSPS) is 27.9. The predicted molar refractivity (Wildman–Crippen MR) is 59.9 cm³/mol. The Bertz CT molecular complexity index is 226. The van der Waals surface area contributed by atoms with Crippen molar-refractivity contribution in [1.82, 2.24) is 15.1 Å². The fourth-order valence-corrected chi connectivity index (χ4v) is 2.42. The van der Waals surface area contributed by atoms with Crippen LogP contribution in [0.1, 0.15) is 26.2 Å². The van der Waals surface area contributed by atoms with Gasteiger partial charge in [0.2, 0.25) is 0 Å². The van der Waals surface area contributed by atoms with Gasteiger partial charge in [-0.15, -0.1) is 0 Å². The molecule has 0 radical (unpaired) electrons. The van der Waals surface area contributed by atoms with E-state index in [1.807, 2.05) is 4.90 Å². The molecule has 0 aromatic rings. The number of carbonyl (C=O) groups excluding carboxylic acids is 1. The van der Waals surface area contributed by atoms with Crippen molar-refractivity contribution in [3.8, 4) is 0 Å². The zero-order valence-corrected chi connectivity index (χ0v) is 9.54. The minimum atomic E-state index is 0.253. The van der Waals surface area contributed by atoms with Gasteiger partial charge in [0, 0.05) is 38.8 Å². The third kappa shape index (κ3) is 2.43. The molecule has 2 saturated heterocycles. The average Bonchev–Trinajstić information content (AvgIpc) is 2.30. The van der Waals surface area contributed by atoms with Crippen LogP contribution >= 0.6 is 0 Å². The summed E-state index contributed by atoms with van der Waals surface area (Å²) in [6.45, 7) is 6.72. The number of likely N-dealkylation sites (tertiary alicyclic amines) is 1. The Morgan fingerprint density at radius 1 is 1.20 bits per heavy atom. The zero-order chi connectivity index (χ0) is 10.7. The van der Waals surface area contributed by atoms with Crippen molar-refractivity contribution in [1.29, 1.82) is 0 Å². The Morgan fingerprint density at radius 3 is 2.60 bits per heavy atom. The summed E-state index contributed by atoms with van der Waals surface area (Å²) in [5.74, 6) is 0. The number of piperidine rings is 1. The lowest BCUT2D eigenvalue weighted by atomic mass is 10.0. The van der Waals surface area contributed by atoms with Crippen molar-refractivity contribution in [3.63, 3.8) is 0 Å². The van der Waals surface area contributed by atoms with Crippen LogP contribution in [-0.4, -0.2) is 54.6 Å². The summed E-state index contributed by atoms with van der Waals surface area (Å²) in [6.07, 6.45) is 3.60. The molecule has 15 heavy (non-hydrogen) atoms. The van der Waals surface area contributed by atoms with Crippen molar-refractivity contribution in [2.45, 2.75) is 32.2 Å². The topological polar surface area (TPSA) is 35.6 Å². The Hall–Kier alpha value is -0.770. The lowest BCUT2D eigenvalue weighted by molar-refractivity contribution is 0.116. The van der Waals surface area contributed by atoms with Gasteiger partial charge in [-0.3, -0.25) is 0 Å². The highest BCUT2D eigenvalue weighted by atomic mass is 16.2. The van der Waals surface area contributed by atoms with Gasteiger partial charge >= 0.3 is 6.03 Å². The first-order valence-corrected chi connectivity index (χ1v) is 6.05. The molecule has 4 heteroatoms. The molecule has 4 nitrogen and oxygen atoms in total. The lowest BCUT2D eigenvalue weighted by Gasteiger charge is -2.38. The van der Waals surface area contributed by atoms with Crippen LogP contribution in [0.5, 0.6) is 0 Å². The molecule has 2 fully saturated rings. The van der Waals surface area contributed by atoms with E-state index in [9.17, 15) is 4.79 Å². The number of nitrogens with zero attached hydrogens (tertiary/aromatic N) is 2. The fourth-order valence-electron chi connectivity index (χ4n) is 2.42. The molecular weight excluding hydrogens is 190 g/mol. The SMILES string of the molecule is CC1CCCCN1C(=O)N1CCNCC1. The standard InChI is InChI=1S/C11H21N3O/c1-10-4-2-3-7-14(10)11(15)13-8-5-12-6-9-13/h10,12H,2-9H2,1H3. The largest absolute Gasteiger partial charge is 0.322 e. The third-order valence-electron chi connectivity index (χ3n) is 3.44. The van der Waals surface area contributed by atoms with Gasteiger partial charge in [-0.1, -0.05) is 0 Å². The molecule has 1 N–H and O–H groups in total. The van der Waals surface area contributed by atoms with Crippen LogP contribution in [0.25, 0.3) is 0 Å². The molecule has 2 amide bonds. The van der Waals surface area contributed by atoms with E-state index in [0.717, 1.165) is 39.1 Å². The van der Waals surface area contributed by atoms with E-state index in [0.29, 0.717) is 6.04 Å². The van der Waals surface area contributed by atoms with E-state index < -0.39 is 0 Å². The third-order valence-corrected chi connectivity index (χ3v) is 3.44. The van der Waals surface area contributed by atoms with Gasteiger partial charge in [0.05, 0.1) is 0 Å². The van der Waals surface area contributed by atoms with Gasteiger partial charge in [-0.05, 0) is 26.2 Å². The van der Waals surface area contributed by atoms with Gasteiger partial charge in [0.25, 0.3) is 0 Å². The molecule has 1 unspecified atom stereocenters. The molecule has 0 bridgehead atoms. The molecule has 0 aromatic heterocycles. The summed E-state index contributed by atoms with van der Waals surface area (Å²) in [4.78, 5) is 16.2. The lowest BCUT2D eigenvalue weighted by Crippen LogP contribution is -2.54. The Kier molecular flexibility index (Phi) is 3.46. The second-order valence-corrected chi connectivity index (χ2v) is 4.56. The molecule has 0 spiro atoms. The molecule has 0 aliphatic carbocycles.